The highest BCUT2D eigenvalue weighted by Crippen LogP contribution is 2.28. The zero-order valence-electron chi connectivity index (χ0n) is 15.2. The maximum absolute atomic E-state index is 12.0. The van der Waals surface area contributed by atoms with Crippen molar-refractivity contribution in [2.24, 2.45) is 11.5 Å². The minimum absolute atomic E-state index is 0.0655. The van der Waals surface area contributed by atoms with Crippen molar-refractivity contribution in [3.05, 3.63) is 48.5 Å². The zero-order valence-corrected chi connectivity index (χ0v) is 15.2. The molecule has 5 heteroatoms. The van der Waals surface area contributed by atoms with Crippen LogP contribution in [0.15, 0.2) is 48.5 Å². The molecule has 1 amide bonds. The Labute approximate surface area is 154 Å². The zero-order chi connectivity index (χ0) is 18.4. The minimum Gasteiger partial charge on any atom is -0.355 e. The van der Waals surface area contributed by atoms with E-state index in [0.717, 1.165) is 25.8 Å². The molecule has 2 aromatic carbocycles. The number of nitrogens with one attached hydrogen (secondary N) is 1. The Morgan fingerprint density at radius 1 is 0.962 bits per heavy atom. The lowest BCUT2D eigenvalue weighted by Gasteiger charge is -2.13. The fourth-order valence-electron chi connectivity index (χ4n) is 3.46. The highest BCUT2D eigenvalue weighted by atomic mass is 16.2. The molecule has 26 heavy (non-hydrogen) atoms. The van der Waals surface area contributed by atoms with E-state index >= 15 is 0 Å². The molecule has 5 N–H and O–H groups in total. The first-order valence-electron chi connectivity index (χ1n) is 9.41. The van der Waals surface area contributed by atoms with Crippen LogP contribution in [0, 0.1) is 0 Å². The Hall–Kier alpha value is -2.37. The SMILES string of the molecule is NCCCCC(N)C(=O)NCCCn1c2ccccc2c2ccccc21. The van der Waals surface area contributed by atoms with Gasteiger partial charge in [0.15, 0.2) is 0 Å². The molecule has 0 aliphatic rings. The monoisotopic (exact) mass is 352 g/mol. The molecule has 0 saturated carbocycles. The molecule has 1 unspecified atom stereocenters. The Balaban J connectivity index is 1.59. The number of carbonyl (C=O) groups is 1. The first kappa shape index (κ1) is 18.4. The molecule has 0 bridgehead atoms. The molecule has 1 heterocycles. The number of carbonyl (C=O) groups excluding carboxylic acids is 1. The number of nitrogens with two attached hydrogens (primary N) is 2. The highest BCUT2D eigenvalue weighted by molar-refractivity contribution is 6.07. The number of para-hydroxylation sites is 2. The fourth-order valence-corrected chi connectivity index (χ4v) is 3.46. The summed E-state index contributed by atoms with van der Waals surface area (Å²) in [6.45, 7) is 2.13. The van der Waals surface area contributed by atoms with Crippen molar-refractivity contribution in [1.29, 1.82) is 0 Å². The summed E-state index contributed by atoms with van der Waals surface area (Å²) in [4.78, 5) is 12.0. The molecule has 5 nitrogen and oxygen atoms in total. The third kappa shape index (κ3) is 4.06. The van der Waals surface area contributed by atoms with Crippen LogP contribution in [-0.4, -0.2) is 29.6 Å². The van der Waals surface area contributed by atoms with Gasteiger partial charge in [-0.15, -0.1) is 0 Å². The molecular formula is C21H28N4O. The average molecular weight is 352 g/mol. The number of unbranched alkanes of at least 4 members (excludes halogenated alkanes) is 1. The Bertz CT molecular complexity index is 817. The van der Waals surface area contributed by atoms with Crippen LogP contribution in [0.3, 0.4) is 0 Å². The van der Waals surface area contributed by atoms with Crippen LogP contribution >= 0.6 is 0 Å². The molecule has 3 rings (SSSR count). The van der Waals surface area contributed by atoms with E-state index in [1.54, 1.807) is 0 Å². The maximum Gasteiger partial charge on any atom is 0.236 e. The van der Waals surface area contributed by atoms with Crippen LogP contribution in [0.1, 0.15) is 25.7 Å². The summed E-state index contributed by atoms with van der Waals surface area (Å²) in [5, 5.41) is 5.50. The number of hydrogen-bond donors (Lipinski definition) is 3. The van der Waals surface area contributed by atoms with Gasteiger partial charge in [-0.25, -0.2) is 0 Å². The van der Waals surface area contributed by atoms with E-state index in [0.29, 0.717) is 19.5 Å². The molecule has 1 atom stereocenters. The van der Waals surface area contributed by atoms with Crippen molar-refractivity contribution in [3.8, 4) is 0 Å². The predicted octanol–water partition coefficient (Wildman–Crippen LogP) is 2.76. The summed E-state index contributed by atoms with van der Waals surface area (Å²) in [5.41, 5.74) is 13.9. The second-order valence-corrected chi connectivity index (χ2v) is 6.72. The van der Waals surface area contributed by atoms with Gasteiger partial charge in [-0.3, -0.25) is 4.79 Å². The van der Waals surface area contributed by atoms with Crippen LogP contribution in [-0.2, 0) is 11.3 Å². The number of amides is 1. The summed E-state index contributed by atoms with van der Waals surface area (Å²) in [6, 6.07) is 16.5. The largest absolute Gasteiger partial charge is 0.355 e. The normalized spacial score (nSPS) is 12.5. The standard InChI is InChI=1S/C21H28N4O/c22-13-6-5-10-18(23)21(26)24-14-7-15-25-19-11-3-1-8-16(19)17-9-2-4-12-20(17)25/h1-4,8-9,11-12,18H,5-7,10,13-15,22-23H2,(H,24,26). The summed E-state index contributed by atoms with van der Waals surface area (Å²) >= 11 is 0. The first-order valence-corrected chi connectivity index (χ1v) is 9.41. The number of aromatic nitrogens is 1. The van der Waals surface area contributed by atoms with Gasteiger partial charge in [0.25, 0.3) is 0 Å². The third-order valence-corrected chi connectivity index (χ3v) is 4.84. The lowest BCUT2D eigenvalue weighted by molar-refractivity contribution is -0.122. The number of aryl methyl sites for hydroxylation is 1. The van der Waals surface area contributed by atoms with Crippen molar-refractivity contribution in [3.63, 3.8) is 0 Å². The molecule has 0 aliphatic heterocycles. The van der Waals surface area contributed by atoms with Crippen LogP contribution in [0.2, 0.25) is 0 Å². The Morgan fingerprint density at radius 3 is 2.19 bits per heavy atom. The number of rotatable bonds is 9. The molecule has 0 spiro atoms. The van der Waals surface area contributed by atoms with Gasteiger partial charge >= 0.3 is 0 Å². The quantitative estimate of drug-likeness (QED) is 0.518. The van der Waals surface area contributed by atoms with E-state index in [1.807, 2.05) is 0 Å². The molecule has 138 valence electrons. The fraction of sp³-hybridized carbons (Fsp3) is 0.381. The number of fused-ring (bicyclic) bond motifs is 3. The first-order chi connectivity index (χ1) is 12.7. The Morgan fingerprint density at radius 2 is 1.58 bits per heavy atom. The molecule has 3 aromatic rings. The molecule has 0 radical (unpaired) electrons. The van der Waals surface area contributed by atoms with E-state index in [1.165, 1.54) is 21.8 Å². The van der Waals surface area contributed by atoms with E-state index in [-0.39, 0.29) is 5.91 Å². The van der Waals surface area contributed by atoms with Crippen molar-refractivity contribution in [1.82, 2.24) is 9.88 Å². The summed E-state index contributed by atoms with van der Waals surface area (Å²) in [5.74, 6) is -0.0655. The predicted molar refractivity (Wildman–Crippen MR) is 108 cm³/mol. The van der Waals surface area contributed by atoms with E-state index in [4.69, 9.17) is 11.5 Å². The van der Waals surface area contributed by atoms with Crippen LogP contribution in [0.5, 0.6) is 0 Å². The topological polar surface area (TPSA) is 86.1 Å². The lowest BCUT2D eigenvalue weighted by Crippen LogP contribution is -2.41. The second-order valence-electron chi connectivity index (χ2n) is 6.72. The smallest absolute Gasteiger partial charge is 0.236 e. The minimum atomic E-state index is -0.435. The van der Waals surface area contributed by atoms with Gasteiger partial charge in [0.05, 0.1) is 6.04 Å². The van der Waals surface area contributed by atoms with Gasteiger partial charge < -0.3 is 21.4 Å². The summed E-state index contributed by atoms with van der Waals surface area (Å²) in [6.07, 6.45) is 3.36. The van der Waals surface area contributed by atoms with Gasteiger partial charge in [-0.05, 0) is 37.9 Å². The van der Waals surface area contributed by atoms with Crippen LogP contribution in [0.25, 0.3) is 21.8 Å². The molecular weight excluding hydrogens is 324 g/mol. The van der Waals surface area contributed by atoms with Gasteiger partial charge in [0, 0.05) is 34.9 Å². The molecule has 0 aliphatic carbocycles. The third-order valence-electron chi connectivity index (χ3n) is 4.84. The van der Waals surface area contributed by atoms with E-state index in [2.05, 4.69) is 58.4 Å². The summed E-state index contributed by atoms with van der Waals surface area (Å²) < 4.78 is 2.33. The van der Waals surface area contributed by atoms with E-state index in [9.17, 15) is 4.79 Å². The number of benzene rings is 2. The number of hydrogen-bond acceptors (Lipinski definition) is 3. The summed E-state index contributed by atoms with van der Waals surface area (Å²) in [7, 11) is 0. The molecule has 0 fully saturated rings. The second kappa shape index (κ2) is 8.83. The average Bonchev–Trinajstić information content (AvgIpc) is 2.99. The van der Waals surface area contributed by atoms with Gasteiger partial charge in [0.1, 0.15) is 0 Å². The molecule has 1 aromatic heterocycles. The van der Waals surface area contributed by atoms with Gasteiger partial charge in [-0.1, -0.05) is 42.8 Å². The number of nitrogens with zero attached hydrogens (tertiary/aromatic N) is 1. The van der Waals surface area contributed by atoms with E-state index < -0.39 is 6.04 Å². The Kier molecular flexibility index (Phi) is 6.26. The maximum atomic E-state index is 12.0. The van der Waals surface area contributed by atoms with Crippen LogP contribution < -0.4 is 16.8 Å². The van der Waals surface area contributed by atoms with Crippen LogP contribution in [0.4, 0.5) is 0 Å². The van der Waals surface area contributed by atoms with Crippen molar-refractivity contribution in [2.45, 2.75) is 38.3 Å². The highest BCUT2D eigenvalue weighted by Gasteiger charge is 2.13. The van der Waals surface area contributed by atoms with Gasteiger partial charge in [0.2, 0.25) is 5.91 Å². The molecule has 0 saturated heterocycles. The van der Waals surface area contributed by atoms with Crippen molar-refractivity contribution < 1.29 is 4.79 Å². The lowest BCUT2D eigenvalue weighted by atomic mass is 10.1. The van der Waals surface area contributed by atoms with Gasteiger partial charge in [-0.2, -0.15) is 0 Å². The van der Waals surface area contributed by atoms with Crippen molar-refractivity contribution in [2.75, 3.05) is 13.1 Å². The van der Waals surface area contributed by atoms with Crippen molar-refractivity contribution >= 4 is 27.7 Å².